The first-order valence-corrected chi connectivity index (χ1v) is 11.5. The number of amides is 1. The molecule has 0 saturated carbocycles. The molecule has 0 atom stereocenters. The van der Waals surface area contributed by atoms with Gasteiger partial charge >= 0.3 is 0 Å². The summed E-state index contributed by atoms with van der Waals surface area (Å²) in [6.45, 7) is 4.11. The van der Waals surface area contributed by atoms with E-state index < -0.39 is 0 Å². The zero-order chi connectivity index (χ0) is 22.2. The Morgan fingerprint density at radius 3 is 2.47 bits per heavy atom. The molecule has 3 aromatic carbocycles. The molecule has 1 heterocycles. The van der Waals surface area contributed by atoms with Gasteiger partial charge in [-0.2, -0.15) is 0 Å². The predicted molar refractivity (Wildman–Crippen MR) is 129 cm³/mol. The summed E-state index contributed by atoms with van der Waals surface area (Å²) >= 11 is 0. The van der Waals surface area contributed by atoms with Crippen LogP contribution in [0.1, 0.15) is 39.9 Å². The standard InChI is InChI=1S/C28H32N2O2/c1-29-21-24-12-7-13-25(20-24)22-30(17-8-14-23-10-3-2-4-11-23)18-9-19-32-27-16-6-5-15-26(27)28(29)31/h2-7,10-13,15-16,20H,8-9,14,17-19,21-22H2,1H3. The number of ether oxygens (including phenoxy) is 1. The fourth-order valence-corrected chi connectivity index (χ4v) is 4.30. The molecule has 0 radical (unpaired) electrons. The van der Waals surface area contributed by atoms with E-state index in [0.717, 1.165) is 44.5 Å². The second-order valence-corrected chi connectivity index (χ2v) is 8.54. The van der Waals surface area contributed by atoms with E-state index in [4.69, 9.17) is 4.74 Å². The van der Waals surface area contributed by atoms with E-state index in [1.54, 1.807) is 4.90 Å². The maximum absolute atomic E-state index is 13.0. The van der Waals surface area contributed by atoms with Gasteiger partial charge in [0.2, 0.25) is 0 Å². The molecule has 4 nitrogen and oxygen atoms in total. The number of carbonyl (C=O) groups is 1. The SMILES string of the molecule is CN1Cc2cccc(c2)CN(CCCc2ccccc2)CCCOc2ccccc2C1=O. The van der Waals surface area contributed by atoms with Gasteiger partial charge in [-0.05, 0) is 54.6 Å². The van der Waals surface area contributed by atoms with E-state index in [1.165, 1.54) is 11.1 Å². The fourth-order valence-electron chi connectivity index (χ4n) is 4.30. The number of rotatable bonds is 4. The van der Waals surface area contributed by atoms with Crippen LogP contribution in [-0.4, -0.2) is 42.5 Å². The van der Waals surface area contributed by atoms with E-state index >= 15 is 0 Å². The van der Waals surface area contributed by atoms with Crippen molar-refractivity contribution in [2.75, 3.05) is 26.7 Å². The first-order valence-electron chi connectivity index (χ1n) is 11.5. The minimum atomic E-state index is -0.00870. The third kappa shape index (κ3) is 5.98. The summed E-state index contributed by atoms with van der Waals surface area (Å²) in [5, 5.41) is 0. The minimum Gasteiger partial charge on any atom is -0.493 e. The van der Waals surface area contributed by atoms with Crippen LogP contribution in [0.5, 0.6) is 5.75 Å². The molecule has 1 amide bonds. The average Bonchev–Trinajstić information content (AvgIpc) is 2.82. The van der Waals surface area contributed by atoms with E-state index in [-0.39, 0.29) is 5.91 Å². The third-order valence-electron chi connectivity index (χ3n) is 5.94. The summed E-state index contributed by atoms with van der Waals surface area (Å²) in [7, 11) is 1.85. The van der Waals surface area contributed by atoms with Crippen molar-refractivity contribution in [1.82, 2.24) is 9.80 Å². The van der Waals surface area contributed by atoms with Crippen LogP contribution in [0.4, 0.5) is 0 Å². The number of hydrogen-bond acceptors (Lipinski definition) is 3. The van der Waals surface area contributed by atoms with Crippen molar-refractivity contribution in [3.8, 4) is 5.75 Å². The van der Waals surface area contributed by atoms with Crippen LogP contribution in [0, 0.1) is 0 Å². The molecule has 2 bridgehead atoms. The maximum atomic E-state index is 13.0. The number of hydrogen-bond donors (Lipinski definition) is 0. The van der Waals surface area contributed by atoms with Crippen LogP contribution in [0.25, 0.3) is 0 Å². The number of carbonyl (C=O) groups excluding carboxylic acids is 1. The number of fused-ring (bicyclic) bond motifs is 3. The molecule has 4 rings (SSSR count). The van der Waals surface area contributed by atoms with Gasteiger partial charge in [-0.1, -0.05) is 66.7 Å². The molecule has 4 heteroatoms. The van der Waals surface area contributed by atoms with Crippen LogP contribution in [-0.2, 0) is 19.5 Å². The predicted octanol–water partition coefficient (Wildman–Crippen LogP) is 5.18. The van der Waals surface area contributed by atoms with Gasteiger partial charge in [-0.15, -0.1) is 0 Å². The highest BCUT2D eigenvalue weighted by Gasteiger charge is 2.18. The Labute approximate surface area is 191 Å². The number of nitrogens with zero attached hydrogens (tertiary/aromatic N) is 2. The molecule has 0 aliphatic carbocycles. The minimum absolute atomic E-state index is 0.00870. The highest BCUT2D eigenvalue weighted by Crippen LogP contribution is 2.21. The van der Waals surface area contributed by atoms with Gasteiger partial charge in [0.1, 0.15) is 5.75 Å². The van der Waals surface area contributed by atoms with Crippen LogP contribution in [0.3, 0.4) is 0 Å². The van der Waals surface area contributed by atoms with E-state index in [0.29, 0.717) is 24.5 Å². The average molecular weight is 429 g/mol. The lowest BCUT2D eigenvalue weighted by molar-refractivity contribution is 0.0780. The fraction of sp³-hybridized carbons (Fsp3) is 0.321. The second kappa shape index (κ2) is 11.0. The zero-order valence-electron chi connectivity index (χ0n) is 18.9. The molecule has 0 saturated heterocycles. The normalized spacial score (nSPS) is 15.5. The highest BCUT2D eigenvalue weighted by molar-refractivity contribution is 5.96. The first-order chi connectivity index (χ1) is 15.7. The molecule has 1 aliphatic rings. The third-order valence-corrected chi connectivity index (χ3v) is 5.94. The van der Waals surface area contributed by atoms with Gasteiger partial charge in [-0.25, -0.2) is 0 Å². The Hall–Kier alpha value is -3.11. The summed E-state index contributed by atoms with van der Waals surface area (Å²) in [6, 6.07) is 26.9. The molecule has 0 N–H and O–H groups in total. The van der Waals surface area contributed by atoms with Gasteiger partial charge < -0.3 is 9.64 Å². The molecular formula is C28H32N2O2. The van der Waals surface area contributed by atoms with Crippen molar-refractivity contribution in [2.45, 2.75) is 32.4 Å². The van der Waals surface area contributed by atoms with E-state index in [9.17, 15) is 4.79 Å². The van der Waals surface area contributed by atoms with Crippen molar-refractivity contribution >= 4 is 5.91 Å². The number of benzene rings is 3. The van der Waals surface area contributed by atoms with Gasteiger partial charge in [0, 0.05) is 26.7 Å². The van der Waals surface area contributed by atoms with Gasteiger partial charge in [0.15, 0.2) is 0 Å². The lowest BCUT2D eigenvalue weighted by atomic mass is 10.1. The van der Waals surface area contributed by atoms with Crippen molar-refractivity contribution < 1.29 is 9.53 Å². The van der Waals surface area contributed by atoms with E-state index in [2.05, 4.69) is 59.5 Å². The van der Waals surface area contributed by atoms with Gasteiger partial charge in [0.05, 0.1) is 12.2 Å². The van der Waals surface area contributed by atoms with Crippen LogP contribution < -0.4 is 4.74 Å². The topological polar surface area (TPSA) is 32.8 Å². The molecule has 0 fully saturated rings. The first kappa shape index (κ1) is 22.1. The Kier molecular flexibility index (Phi) is 7.57. The molecule has 3 aromatic rings. The Bertz CT molecular complexity index is 1020. The second-order valence-electron chi connectivity index (χ2n) is 8.54. The Balaban J connectivity index is 1.50. The molecular weight excluding hydrogens is 396 g/mol. The number of para-hydroxylation sites is 1. The molecule has 0 spiro atoms. The van der Waals surface area contributed by atoms with Crippen LogP contribution >= 0.6 is 0 Å². The molecule has 1 aliphatic heterocycles. The van der Waals surface area contributed by atoms with Crippen molar-refractivity contribution in [3.05, 3.63) is 101 Å². The van der Waals surface area contributed by atoms with Crippen LogP contribution in [0.15, 0.2) is 78.9 Å². The maximum Gasteiger partial charge on any atom is 0.257 e. The lowest BCUT2D eigenvalue weighted by Gasteiger charge is -2.24. The summed E-state index contributed by atoms with van der Waals surface area (Å²) in [6.07, 6.45) is 3.14. The highest BCUT2D eigenvalue weighted by atomic mass is 16.5. The smallest absolute Gasteiger partial charge is 0.257 e. The van der Waals surface area contributed by atoms with E-state index in [1.807, 2.05) is 31.3 Å². The number of aryl methyl sites for hydroxylation is 1. The Morgan fingerprint density at radius 2 is 1.62 bits per heavy atom. The molecule has 0 aromatic heterocycles. The van der Waals surface area contributed by atoms with Crippen LogP contribution in [0.2, 0.25) is 0 Å². The summed E-state index contributed by atoms with van der Waals surface area (Å²) in [4.78, 5) is 17.3. The zero-order valence-corrected chi connectivity index (χ0v) is 18.9. The molecule has 0 unspecified atom stereocenters. The summed E-state index contributed by atoms with van der Waals surface area (Å²) in [5.41, 5.74) is 4.46. The monoisotopic (exact) mass is 428 g/mol. The quantitative estimate of drug-likeness (QED) is 0.574. The largest absolute Gasteiger partial charge is 0.493 e. The Morgan fingerprint density at radius 1 is 0.875 bits per heavy atom. The van der Waals surface area contributed by atoms with Gasteiger partial charge in [-0.3, -0.25) is 9.69 Å². The van der Waals surface area contributed by atoms with Crippen molar-refractivity contribution in [1.29, 1.82) is 0 Å². The van der Waals surface area contributed by atoms with Crippen molar-refractivity contribution in [3.63, 3.8) is 0 Å². The molecule has 32 heavy (non-hydrogen) atoms. The van der Waals surface area contributed by atoms with Gasteiger partial charge in [0.25, 0.3) is 5.91 Å². The molecule has 166 valence electrons. The summed E-state index contributed by atoms with van der Waals surface area (Å²) in [5.74, 6) is 0.663. The summed E-state index contributed by atoms with van der Waals surface area (Å²) < 4.78 is 6.05. The lowest BCUT2D eigenvalue weighted by Crippen LogP contribution is -2.29. The van der Waals surface area contributed by atoms with Crippen molar-refractivity contribution in [2.24, 2.45) is 0 Å².